The Hall–Kier alpha value is -3.46. The van der Waals surface area contributed by atoms with Crippen LogP contribution in [0.25, 0.3) is 21.7 Å². The van der Waals surface area contributed by atoms with Crippen LogP contribution in [0.3, 0.4) is 0 Å². The molecule has 8 nitrogen and oxygen atoms in total. The maximum atomic E-state index is 12.4. The lowest BCUT2D eigenvalue weighted by atomic mass is 10.0. The standard InChI is InChI=1S/C21H19N5O3S/c27-19-8-7-15(17-5-3-11-29-17)24-26(19)10-9-22-20(28)14-12-25(13-14)21-23-16-4-1-2-6-18(16)30-21/h1-8,11,14H,9-10,12-13H2,(H,22,28). The molecule has 4 aromatic rings. The Kier molecular flexibility index (Phi) is 4.80. The highest BCUT2D eigenvalue weighted by molar-refractivity contribution is 7.22. The largest absolute Gasteiger partial charge is 0.463 e. The molecule has 1 fully saturated rings. The van der Waals surface area contributed by atoms with Crippen molar-refractivity contribution in [2.75, 3.05) is 24.5 Å². The van der Waals surface area contributed by atoms with Crippen molar-refractivity contribution in [1.82, 2.24) is 20.1 Å². The number of anilines is 1. The number of aromatic nitrogens is 3. The third kappa shape index (κ3) is 3.59. The molecule has 1 amide bonds. The number of carbonyl (C=O) groups is 1. The highest BCUT2D eigenvalue weighted by Crippen LogP contribution is 2.32. The Morgan fingerprint density at radius 3 is 2.83 bits per heavy atom. The van der Waals surface area contributed by atoms with E-state index in [0.717, 1.165) is 15.3 Å². The zero-order valence-corrected chi connectivity index (χ0v) is 16.8. The van der Waals surface area contributed by atoms with Crippen LogP contribution in [0.2, 0.25) is 0 Å². The maximum Gasteiger partial charge on any atom is 0.266 e. The zero-order chi connectivity index (χ0) is 20.5. The van der Waals surface area contributed by atoms with Gasteiger partial charge >= 0.3 is 0 Å². The molecule has 1 saturated heterocycles. The molecule has 0 saturated carbocycles. The van der Waals surface area contributed by atoms with Gasteiger partial charge < -0.3 is 14.6 Å². The average Bonchev–Trinajstić information content (AvgIpc) is 3.38. The second-order valence-corrected chi connectivity index (χ2v) is 8.12. The second kappa shape index (κ2) is 7.75. The number of hydrogen-bond acceptors (Lipinski definition) is 7. The van der Waals surface area contributed by atoms with Gasteiger partial charge in [0.25, 0.3) is 5.56 Å². The number of rotatable bonds is 6. The van der Waals surface area contributed by atoms with Gasteiger partial charge in [0, 0.05) is 25.7 Å². The molecule has 5 rings (SSSR count). The fraction of sp³-hybridized carbons (Fsp3) is 0.238. The van der Waals surface area contributed by atoms with E-state index >= 15 is 0 Å². The lowest BCUT2D eigenvalue weighted by Crippen LogP contribution is -2.54. The SMILES string of the molecule is O=C(NCCn1nc(-c2ccco2)ccc1=O)C1CN(c2nc3ccccc3s2)C1. The van der Waals surface area contributed by atoms with E-state index in [1.54, 1.807) is 35.8 Å². The molecule has 3 aromatic heterocycles. The molecule has 9 heteroatoms. The maximum absolute atomic E-state index is 12.4. The predicted molar refractivity (Wildman–Crippen MR) is 115 cm³/mol. The minimum atomic E-state index is -0.217. The zero-order valence-electron chi connectivity index (χ0n) is 16.0. The van der Waals surface area contributed by atoms with Gasteiger partial charge in [-0.15, -0.1) is 0 Å². The van der Waals surface area contributed by atoms with Crippen LogP contribution in [-0.2, 0) is 11.3 Å². The lowest BCUT2D eigenvalue weighted by molar-refractivity contribution is -0.125. The Labute approximate surface area is 175 Å². The van der Waals surface area contributed by atoms with Gasteiger partial charge in [0.15, 0.2) is 10.9 Å². The Morgan fingerprint density at radius 1 is 1.17 bits per heavy atom. The first-order valence-corrected chi connectivity index (χ1v) is 10.5. The third-order valence-corrected chi connectivity index (χ3v) is 6.17. The van der Waals surface area contributed by atoms with Crippen molar-refractivity contribution in [2.24, 2.45) is 5.92 Å². The summed E-state index contributed by atoms with van der Waals surface area (Å²) in [5.41, 5.74) is 1.35. The molecule has 0 radical (unpaired) electrons. The summed E-state index contributed by atoms with van der Waals surface area (Å²) in [6.07, 6.45) is 1.56. The summed E-state index contributed by atoms with van der Waals surface area (Å²) >= 11 is 1.64. The number of carbonyl (C=O) groups excluding carboxylic acids is 1. The predicted octanol–water partition coefficient (Wildman–Crippen LogP) is 2.37. The third-order valence-electron chi connectivity index (χ3n) is 5.07. The number of benzene rings is 1. The molecule has 0 atom stereocenters. The van der Waals surface area contributed by atoms with Crippen LogP contribution in [0.5, 0.6) is 0 Å². The van der Waals surface area contributed by atoms with Crippen molar-refractivity contribution in [3.05, 3.63) is 65.1 Å². The van der Waals surface area contributed by atoms with Crippen LogP contribution in [-0.4, -0.2) is 40.3 Å². The monoisotopic (exact) mass is 421 g/mol. The van der Waals surface area contributed by atoms with E-state index in [1.807, 2.05) is 18.2 Å². The van der Waals surface area contributed by atoms with E-state index in [9.17, 15) is 9.59 Å². The molecule has 4 heterocycles. The number of furan rings is 1. The number of amides is 1. The molecule has 1 aliphatic heterocycles. The van der Waals surface area contributed by atoms with E-state index in [0.29, 0.717) is 37.6 Å². The van der Waals surface area contributed by atoms with Crippen molar-refractivity contribution < 1.29 is 9.21 Å². The van der Waals surface area contributed by atoms with Crippen LogP contribution >= 0.6 is 11.3 Å². The van der Waals surface area contributed by atoms with E-state index in [1.165, 1.54) is 10.7 Å². The second-order valence-electron chi connectivity index (χ2n) is 7.11. The molecular weight excluding hydrogens is 402 g/mol. The van der Waals surface area contributed by atoms with Gasteiger partial charge in [-0.3, -0.25) is 9.59 Å². The number of para-hydroxylation sites is 1. The molecule has 152 valence electrons. The number of thiazole rings is 1. The molecule has 1 aromatic carbocycles. The van der Waals surface area contributed by atoms with Crippen molar-refractivity contribution in [1.29, 1.82) is 0 Å². The smallest absolute Gasteiger partial charge is 0.266 e. The van der Waals surface area contributed by atoms with Gasteiger partial charge in [0.05, 0.1) is 28.9 Å². The molecule has 0 aliphatic carbocycles. The van der Waals surface area contributed by atoms with Crippen molar-refractivity contribution in [3.8, 4) is 11.5 Å². The first-order valence-electron chi connectivity index (χ1n) is 9.68. The minimum Gasteiger partial charge on any atom is -0.463 e. The van der Waals surface area contributed by atoms with Gasteiger partial charge in [-0.2, -0.15) is 5.10 Å². The van der Waals surface area contributed by atoms with E-state index in [-0.39, 0.29) is 17.4 Å². The summed E-state index contributed by atoms with van der Waals surface area (Å²) < 4.78 is 7.81. The number of nitrogens with one attached hydrogen (secondary N) is 1. The van der Waals surface area contributed by atoms with Crippen LogP contribution in [0, 0.1) is 5.92 Å². The van der Waals surface area contributed by atoms with Gasteiger partial charge in [-0.25, -0.2) is 9.67 Å². The fourth-order valence-electron chi connectivity index (χ4n) is 3.39. The Bertz CT molecular complexity index is 1210. The van der Waals surface area contributed by atoms with Crippen molar-refractivity contribution in [3.63, 3.8) is 0 Å². The average molecular weight is 421 g/mol. The first-order chi connectivity index (χ1) is 14.7. The summed E-state index contributed by atoms with van der Waals surface area (Å²) in [7, 11) is 0. The van der Waals surface area contributed by atoms with Gasteiger partial charge in [0.2, 0.25) is 5.91 Å². The molecule has 1 N–H and O–H groups in total. The highest BCUT2D eigenvalue weighted by atomic mass is 32.1. The molecule has 1 aliphatic rings. The molecule has 0 spiro atoms. The Morgan fingerprint density at radius 2 is 2.03 bits per heavy atom. The van der Waals surface area contributed by atoms with Crippen LogP contribution < -0.4 is 15.8 Å². The first kappa shape index (κ1) is 18.6. The van der Waals surface area contributed by atoms with Gasteiger partial charge in [-0.1, -0.05) is 23.5 Å². The summed E-state index contributed by atoms with van der Waals surface area (Å²) in [5, 5.41) is 8.16. The van der Waals surface area contributed by atoms with Gasteiger partial charge in [-0.05, 0) is 30.3 Å². The minimum absolute atomic E-state index is 0.0115. The van der Waals surface area contributed by atoms with Crippen LogP contribution in [0.1, 0.15) is 0 Å². The Balaban J connectivity index is 1.14. The molecule has 0 unspecified atom stereocenters. The number of nitrogens with zero attached hydrogens (tertiary/aromatic N) is 4. The number of fused-ring (bicyclic) bond motifs is 1. The van der Waals surface area contributed by atoms with E-state index < -0.39 is 0 Å². The topological polar surface area (TPSA) is 93.3 Å². The summed E-state index contributed by atoms with van der Waals surface area (Å²) in [6.45, 7) is 1.94. The molecule has 30 heavy (non-hydrogen) atoms. The summed E-state index contributed by atoms with van der Waals surface area (Å²) in [5.74, 6) is 0.510. The molecule has 0 bridgehead atoms. The van der Waals surface area contributed by atoms with E-state index in [4.69, 9.17) is 4.42 Å². The van der Waals surface area contributed by atoms with Crippen molar-refractivity contribution >= 4 is 32.6 Å². The van der Waals surface area contributed by atoms with E-state index in [2.05, 4.69) is 26.4 Å². The normalized spacial score (nSPS) is 14.1. The quantitative estimate of drug-likeness (QED) is 0.514. The van der Waals surface area contributed by atoms with Crippen molar-refractivity contribution in [2.45, 2.75) is 6.54 Å². The van der Waals surface area contributed by atoms with Gasteiger partial charge in [0.1, 0.15) is 5.69 Å². The van der Waals surface area contributed by atoms with Crippen LogP contribution in [0.15, 0.2) is 64.0 Å². The summed E-state index contributed by atoms with van der Waals surface area (Å²) in [4.78, 5) is 31.2. The highest BCUT2D eigenvalue weighted by Gasteiger charge is 2.34. The van der Waals surface area contributed by atoms with Crippen LogP contribution in [0.4, 0.5) is 5.13 Å². The lowest BCUT2D eigenvalue weighted by Gasteiger charge is -2.37. The summed E-state index contributed by atoms with van der Waals surface area (Å²) in [6, 6.07) is 14.7. The molecular formula is C21H19N5O3S. The fourth-order valence-corrected chi connectivity index (χ4v) is 4.37. The number of hydrogen-bond donors (Lipinski definition) is 1.